The molecule has 138 valence electrons. The number of nitrogens with one attached hydrogen (secondary N) is 1. The Balaban J connectivity index is 1.41. The first-order valence-electron chi connectivity index (χ1n) is 9.26. The first-order valence-corrected chi connectivity index (χ1v) is 9.26. The summed E-state index contributed by atoms with van der Waals surface area (Å²) < 4.78 is 5.99. The van der Waals surface area contributed by atoms with Crippen LogP contribution >= 0.6 is 0 Å². The van der Waals surface area contributed by atoms with E-state index in [9.17, 15) is 4.79 Å². The number of benzene rings is 1. The molecule has 1 N–H and O–H groups in total. The fourth-order valence-corrected chi connectivity index (χ4v) is 3.24. The van der Waals surface area contributed by atoms with Crippen molar-refractivity contribution in [3.8, 4) is 0 Å². The number of pyridine rings is 1. The zero-order valence-corrected chi connectivity index (χ0v) is 15.4. The molecule has 1 aliphatic heterocycles. The molecule has 5 heteroatoms. The molecule has 0 spiro atoms. The molecule has 1 fully saturated rings. The third-order valence-corrected chi connectivity index (χ3v) is 4.76. The highest BCUT2D eigenvalue weighted by Gasteiger charge is 2.22. The lowest BCUT2D eigenvalue weighted by molar-refractivity contribution is -0.123. The van der Waals surface area contributed by atoms with E-state index in [1.807, 2.05) is 30.3 Å². The lowest BCUT2D eigenvalue weighted by Gasteiger charge is -2.32. The summed E-state index contributed by atoms with van der Waals surface area (Å²) in [5, 5.41) is 3.03. The van der Waals surface area contributed by atoms with E-state index < -0.39 is 0 Å². The highest BCUT2D eigenvalue weighted by molar-refractivity contribution is 5.78. The zero-order chi connectivity index (χ0) is 18.2. The van der Waals surface area contributed by atoms with Crippen LogP contribution in [0.1, 0.15) is 29.7 Å². The number of amides is 1. The van der Waals surface area contributed by atoms with Gasteiger partial charge in [0.25, 0.3) is 0 Å². The molecule has 2 heterocycles. The number of carbonyl (C=O) groups is 1. The monoisotopic (exact) mass is 353 g/mol. The Bertz CT molecular complexity index is 705. The molecule has 0 saturated carbocycles. The van der Waals surface area contributed by atoms with Gasteiger partial charge in [-0.15, -0.1) is 0 Å². The summed E-state index contributed by atoms with van der Waals surface area (Å²) in [5.74, 6) is 0.0682. The summed E-state index contributed by atoms with van der Waals surface area (Å²) in [7, 11) is 0. The largest absolute Gasteiger partial charge is 0.371 e. The van der Waals surface area contributed by atoms with E-state index in [1.54, 1.807) is 6.20 Å². The smallest absolute Gasteiger partial charge is 0.234 e. The summed E-state index contributed by atoms with van der Waals surface area (Å²) in [4.78, 5) is 18.7. The van der Waals surface area contributed by atoms with Gasteiger partial charge in [0.15, 0.2) is 0 Å². The topological polar surface area (TPSA) is 54.5 Å². The maximum atomic E-state index is 12.3. The quantitative estimate of drug-likeness (QED) is 0.831. The fourth-order valence-electron chi connectivity index (χ4n) is 3.24. The van der Waals surface area contributed by atoms with E-state index >= 15 is 0 Å². The molecule has 26 heavy (non-hydrogen) atoms. The molecule has 1 unspecified atom stereocenters. The van der Waals surface area contributed by atoms with Crippen LogP contribution in [0.5, 0.6) is 0 Å². The van der Waals surface area contributed by atoms with Crippen LogP contribution in [-0.2, 0) is 22.7 Å². The number of piperidine rings is 1. The van der Waals surface area contributed by atoms with Crippen molar-refractivity contribution in [3.63, 3.8) is 0 Å². The Hall–Kier alpha value is -2.24. The lowest BCUT2D eigenvalue weighted by atomic mass is 10.1. The number of hydrogen-bond acceptors (Lipinski definition) is 4. The third-order valence-electron chi connectivity index (χ3n) is 4.76. The number of likely N-dealkylation sites (tertiary alicyclic amines) is 1. The molecule has 3 rings (SSSR count). The Kier molecular flexibility index (Phi) is 6.75. The van der Waals surface area contributed by atoms with Crippen molar-refractivity contribution in [2.45, 2.75) is 39.0 Å². The minimum absolute atomic E-state index is 0.0682. The van der Waals surface area contributed by atoms with E-state index in [-0.39, 0.29) is 12.0 Å². The predicted molar refractivity (Wildman–Crippen MR) is 102 cm³/mol. The Morgan fingerprint density at radius 1 is 1.27 bits per heavy atom. The van der Waals surface area contributed by atoms with Gasteiger partial charge in [0.2, 0.25) is 5.91 Å². The molecule has 0 bridgehead atoms. The highest BCUT2D eigenvalue weighted by Crippen LogP contribution is 2.14. The molecule has 1 saturated heterocycles. The summed E-state index contributed by atoms with van der Waals surface area (Å²) in [6.45, 7) is 5.34. The van der Waals surface area contributed by atoms with E-state index in [2.05, 4.69) is 34.3 Å². The normalized spacial score (nSPS) is 17.8. The molecule has 0 aliphatic carbocycles. The average Bonchev–Trinajstić information content (AvgIpc) is 2.67. The lowest BCUT2D eigenvalue weighted by Crippen LogP contribution is -2.44. The van der Waals surface area contributed by atoms with Crippen molar-refractivity contribution < 1.29 is 9.53 Å². The van der Waals surface area contributed by atoms with Crippen molar-refractivity contribution in [2.75, 3.05) is 19.6 Å². The number of rotatable bonds is 7. The Morgan fingerprint density at radius 3 is 2.92 bits per heavy atom. The van der Waals surface area contributed by atoms with Gasteiger partial charge in [-0.3, -0.25) is 14.7 Å². The van der Waals surface area contributed by atoms with Crippen molar-refractivity contribution >= 4 is 5.91 Å². The van der Waals surface area contributed by atoms with Crippen molar-refractivity contribution in [1.82, 2.24) is 15.2 Å². The molecular weight excluding hydrogens is 326 g/mol. The summed E-state index contributed by atoms with van der Waals surface area (Å²) >= 11 is 0. The van der Waals surface area contributed by atoms with Gasteiger partial charge in [0.1, 0.15) is 0 Å². The van der Waals surface area contributed by atoms with Gasteiger partial charge in [-0.1, -0.05) is 30.3 Å². The number of aromatic nitrogens is 1. The molecule has 1 atom stereocenters. The number of aryl methyl sites for hydroxylation is 1. The molecule has 1 aliphatic rings. The highest BCUT2D eigenvalue weighted by atomic mass is 16.5. The number of carbonyl (C=O) groups excluding carboxylic acids is 1. The van der Waals surface area contributed by atoms with Crippen molar-refractivity contribution in [1.29, 1.82) is 0 Å². The van der Waals surface area contributed by atoms with Crippen LogP contribution in [-0.4, -0.2) is 41.5 Å². The van der Waals surface area contributed by atoms with Crippen LogP contribution < -0.4 is 5.32 Å². The van der Waals surface area contributed by atoms with Gasteiger partial charge >= 0.3 is 0 Å². The van der Waals surface area contributed by atoms with E-state index in [0.29, 0.717) is 19.7 Å². The standard InChI is InChI=1S/C21H27N3O2/c1-17-7-2-3-8-18(17)13-23-21(25)15-24-12-6-10-20(14-24)26-16-19-9-4-5-11-22-19/h2-5,7-9,11,20H,6,10,12-16H2,1H3,(H,23,25). The van der Waals surface area contributed by atoms with Gasteiger partial charge in [-0.2, -0.15) is 0 Å². The van der Waals surface area contributed by atoms with Crippen LogP contribution in [0, 0.1) is 6.92 Å². The van der Waals surface area contributed by atoms with Gasteiger partial charge in [-0.25, -0.2) is 0 Å². The van der Waals surface area contributed by atoms with Gasteiger partial charge in [0.05, 0.1) is 24.9 Å². The predicted octanol–water partition coefficient (Wildman–Crippen LogP) is 2.69. The fraction of sp³-hybridized carbons (Fsp3) is 0.429. The second-order valence-electron chi connectivity index (χ2n) is 6.83. The maximum absolute atomic E-state index is 12.3. The molecule has 1 amide bonds. The van der Waals surface area contributed by atoms with Crippen LogP contribution in [0.4, 0.5) is 0 Å². The molecule has 1 aromatic carbocycles. The SMILES string of the molecule is Cc1ccccc1CNC(=O)CN1CCCC(OCc2ccccn2)C1. The molecule has 2 aromatic rings. The van der Waals surface area contributed by atoms with E-state index in [1.165, 1.54) is 5.56 Å². The van der Waals surface area contributed by atoms with Gasteiger partial charge in [0, 0.05) is 19.3 Å². The van der Waals surface area contributed by atoms with Crippen LogP contribution in [0.15, 0.2) is 48.7 Å². The average molecular weight is 353 g/mol. The summed E-state index contributed by atoms with van der Waals surface area (Å²) in [5.41, 5.74) is 3.31. The molecular formula is C21H27N3O2. The van der Waals surface area contributed by atoms with Crippen molar-refractivity contribution in [2.24, 2.45) is 0 Å². The number of nitrogens with zero attached hydrogens (tertiary/aromatic N) is 2. The number of hydrogen-bond donors (Lipinski definition) is 1. The molecule has 1 aromatic heterocycles. The zero-order valence-electron chi connectivity index (χ0n) is 15.4. The second-order valence-corrected chi connectivity index (χ2v) is 6.83. The minimum atomic E-state index is 0.0682. The minimum Gasteiger partial charge on any atom is -0.371 e. The molecule has 0 radical (unpaired) electrons. The first-order chi connectivity index (χ1) is 12.7. The molecule has 5 nitrogen and oxygen atoms in total. The summed E-state index contributed by atoms with van der Waals surface area (Å²) in [6, 6.07) is 14.0. The van der Waals surface area contributed by atoms with E-state index in [4.69, 9.17) is 4.74 Å². The van der Waals surface area contributed by atoms with Gasteiger partial charge in [-0.05, 0) is 49.6 Å². The van der Waals surface area contributed by atoms with Crippen LogP contribution in [0.2, 0.25) is 0 Å². The summed E-state index contributed by atoms with van der Waals surface area (Å²) in [6.07, 6.45) is 4.03. The maximum Gasteiger partial charge on any atom is 0.234 e. The van der Waals surface area contributed by atoms with Crippen molar-refractivity contribution in [3.05, 3.63) is 65.5 Å². The third kappa shape index (κ3) is 5.64. The second kappa shape index (κ2) is 9.46. The Labute approximate surface area is 155 Å². The Morgan fingerprint density at radius 2 is 2.12 bits per heavy atom. The number of ether oxygens (including phenoxy) is 1. The van der Waals surface area contributed by atoms with E-state index in [0.717, 1.165) is 37.2 Å². The van der Waals surface area contributed by atoms with Crippen LogP contribution in [0.3, 0.4) is 0 Å². The van der Waals surface area contributed by atoms with Gasteiger partial charge < -0.3 is 10.1 Å². The van der Waals surface area contributed by atoms with Crippen LogP contribution in [0.25, 0.3) is 0 Å². The first kappa shape index (κ1) is 18.5.